The van der Waals surface area contributed by atoms with Crippen LogP contribution < -0.4 is 24.4 Å². The van der Waals surface area contributed by atoms with E-state index in [-0.39, 0.29) is 5.75 Å². The van der Waals surface area contributed by atoms with Crippen molar-refractivity contribution in [1.82, 2.24) is 5.43 Å². The highest BCUT2D eigenvalue weighted by molar-refractivity contribution is 9.10. The summed E-state index contributed by atoms with van der Waals surface area (Å²) in [7, 11) is 1.47. The summed E-state index contributed by atoms with van der Waals surface area (Å²) < 4.78 is 22.6. The summed E-state index contributed by atoms with van der Waals surface area (Å²) in [6, 6.07) is 16.7. The number of methoxy groups -OCH3 is 1. The average molecular weight is 511 g/mol. The van der Waals surface area contributed by atoms with Crippen LogP contribution in [-0.2, 0) is 0 Å². The van der Waals surface area contributed by atoms with Crippen molar-refractivity contribution >= 4 is 34.0 Å². The number of ether oxygens (including phenoxy) is 4. The van der Waals surface area contributed by atoms with Crippen LogP contribution in [0.3, 0.4) is 0 Å². The first-order valence-electron chi connectivity index (χ1n) is 9.92. The molecule has 3 aromatic rings. The van der Waals surface area contributed by atoms with E-state index < -0.39 is 11.9 Å². The van der Waals surface area contributed by atoms with Crippen molar-refractivity contribution in [2.45, 2.75) is 0 Å². The fourth-order valence-corrected chi connectivity index (χ4v) is 3.27. The number of amides is 1. The number of halogens is 1. The van der Waals surface area contributed by atoms with E-state index in [2.05, 4.69) is 26.5 Å². The molecule has 0 aromatic heterocycles. The maximum Gasteiger partial charge on any atom is 0.343 e. The third-order valence-corrected chi connectivity index (χ3v) is 5.18. The lowest BCUT2D eigenvalue weighted by Crippen LogP contribution is -2.19. The molecule has 0 unspecified atom stereocenters. The van der Waals surface area contributed by atoms with Gasteiger partial charge in [-0.2, -0.15) is 5.10 Å². The van der Waals surface area contributed by atoms with Gasteiger partial charge >= 0.3 is 5.97 Å². The van der Waals surface area contributed by atoms with Gasteiger partial charge in [0, 0.05) is 10.0 Å². The first-order valence-corrected chi connectivity index (χ1v) is 10.7. The molecular formula is C24H19BrN2O6. The van der Waals surface area contributed by atoms with Gasteiger partial charge in [0.1, 0.15) is 13.2 Å². The molecule has 3 aromatic carbocycles. The van der Waals surface area contributed by atoms with Crippen molar-refractivity contribution in [1.29, 1.82) is 0 Å². The number of benzene rings is 3. The minimum atomic E-state index is -0.506. The number of hydrogen-bond donors (Lipinski definition) is 1. The third-order valence-electron chi connectivity index (χ3n) is 4.65. The summed E-state index contributed by atoms with van der Waals surface area (Å²) >= 11 is 3.33. The van der Waals surface area contributed by atoms with Gasteiger partial charge in [0.25, 0.3) is 5.91 Å². The number of hydrazone groups is 1. The number of rotatable bonds is 6. The maximum atomic E-state index is 12.4. The second-order valence-electron chi connectivity index (χ2n) is 6.86. The quantitative estimate of drug-likeness (QED) is 0.231. The standard InChI is InChI=1S/C24H19BrN2O6/c1-30-21-12-15(2-8-20(21)33-24(29)16-3-6-18(25)7-4-16)14-26-27-23(28)17-5-9-19-22(13-17)32-11-10-31-19/h2-9,12-14H,10-11H2,1H3,(H,27,28). The minimum absolute atomic E-state index is 0.267. The van der Waals surface area contributed by atoms with Crippen LogP contribution in [-0.4, -0.2) is 38.4 Å². The minimum Gasteiger partial charge on any atom is -0.493 e. The number of fused-ring (bicyclic) bond motifs is 1. The highest BCUT2D eigenvalue weighted by Crippen LogP contribution is 2.31. The molecule has 1 aliphatic rings. The van der Waals surface area contributed by atoms with Gasteiger partial charge in [0.15, 0.2) is 23.0 Å². The predicted molar refractivity (Wildman–Crippen MR) is 125 cm³/mol. The van der Waals surface area contributed by atoms with Crippen molar-refractivity contribution in [2.75, 3.05) is 20.3 Å². The Hall–Kier alpha value is -3.85. The van der Waals surface area contributed by atoms with Crippen LogP contribution >= 0.6 is 15.9 Å². The Balaban J connectivity index is 1.40. The fourth-order valence-electron chi connectivity index (χ4n) is 3.01. The number of carbonyl (C=O) groups excluding carboxylic acids is 2. The molecule has 1 heterocycles. The molecule has 0 radical (unpaired) electrons. The average Bonchev–Trinajstić information content (AvgIpc) is 2.84. The zero-order valence-corrected chi connectivity index (χ0v) is 19.1. The van der Waals surface area contributed by atoms with Crippen LogP contribution in [0.1, 0.15) is 26.3 Å². The summed E-state index contributed by atoms with van der Waals surface area (Å²) in [6.45, 7) is 0.918. The molecule has 0 saturated heterocycles. The van der Waals surface area contributed by atoms with Gasteiger partial charge < -0.3 is 18.9 Å². The smallest absolute Gasteiger partial charge is 0.343 e. The molecule has 8 nitrogen and oxygen atoms in total. The molecule has 0 fully saturated rings. The number of nitrogens with one attached hydrogen (secondary N) is 1. The van der Waals surface area contributed by atoms with E-state index in [1.54, 1.807) is 60.7 Å². The van der Waals surface area contributed by atoms with Gasteiger partial charge in [-0.05, 0) is 66.2 Å². The van der Waals surface area contributed by atoms with Gasteiger partial charge in [0.2, 0.25) is 0 Å². The van der Waals surface area contributed by atoms with Gasteiger partial charge in [-0.25, -0.2) is 10.2 Å². The molecule has 33 heavy (non-hydrogen) atoms. The molecule has 1 N–H and O–H groups in total. The highest BCUT2D eigenvalue weighted by atomic mass is 79.9. The largest absolute Gasteiger partial charge is 0.493 e. The van der Waals surface area contributed by atoms with Crippen molar-refractivity contribution < 1.29 is 28.5 Å². The number of nitrogens with zero attached hydrogens (tertiary/aromatic N) is 1. The van der Waals surface area contributed by atoms with Crippen LogP contribution in [0.5, 0.6) is 23.0 Å². The Morgan fingerprint density at radius 2 is 1.67 bits per heavy atom. The maximum absolute atomic E-state index is 12.4. The summed E-state index contributed by atoms with van der Waals surface area (Å²) in [5.74, 6) is 0.847. The molecule has 1 aliphatic heterocycles. The zero-order chi connectivity index (χ0) is 23.2. The van der Waals surface area contributed by atoms with E-state index in [1.807, 2.05) is 0 Å². The zero-order valence-electron chi connectivity index (χ0n) is 17.5. The van der Waals surface area contributed by atoms with Gasteiger partial charge in [-0.15, -0.1) is 0 Å². The molecule has 0 bridgehead atoms. The topological polar surface area (TPSA) is 95.5 Å². The van der Waals surface area contributed by atoms with Crippen molar-refractivity contribution in [2.24, 2.45) is 5.10 Å². The SMILES string of the molecule is COc1cc(C=NNC(=O)c2ccc3c(c2)OCCO3)ccc1OC(=O)c1ccc(Br)cc1. The Bertz CT molecular complexity index is 1210. The lowest BCUT2D eigenvalue weighted by molar-refractivity contribution is 0.0729. The predicted octanol–water partition coefficient (Wildman–Crippen LogP) is 4.21. The Labute approximate surface area is 198 Å². The van der Waals surface area contributed by atoms with Crippen molar-refractivity contribution in [3.8, 4) is 23.0 Å². The fraction of sp³-hybridized carbons (Fsp3) is 0.125. The van der Waals surface area contributed by atoms with E-state index in [4.69, 9.17) is 18.9 Å². The summed E-state index contributed by atoms with van der Waals surface area (Å²) in [6.07, 6.45) is 1.46. The molecule has 168 valence electrons. The van der Waals surface area contributed by atoms with Crippen LogP contribution in [0.2, 0.25) is 0 Å². The van der Waals surface area contributed by atoms with Crippen molar-refractivity contribution in [3.05, 3.63) is 81.8 Å². The molecule has 9 heteroatoms. The van der Waals surface area contributed by atoms with Crippen LogP contribution in [0.25, 0.3) is 0 Å². The lowest BCUT2D eigenvalue weighted by atomic mass is 10.2. The van der Waals surface area contributed by atoms with Gasteiger partial charge in [-0.1, -0.05) is 15.9 Å². The number of carbonyl (C=O) groups is 2. The second-order valence-corrected chi connectivity index (χ2v) is 7.78. The molecule has 0 aliphatic carbocycles. The van der Waals surface area contributed by atoms with E-state index in [0.29, 0.717) is 47.2 Å². The third kappa shape index (κ3) is 5.50. The van der Waals surface area contributed by atoms with E-state index in [9.17, 15) is 9.59 Å². The molecule has 4 rings (SSSR count). The monoisotopic (exact) mass is 510 g/mol. The second kappa shape index (κ2) is 10.2. The van der Waals surface area contributed by atoms with E-state index >= 15 is 0 Å². The molecule has 0 saturated carbocycles. The van der Waals surface area contributed by atoms with E-state index in [1.165, 1.54) is 13.3 Å². The first-order chi connectivity index (χ1) is 16.0. The Kier molecular flexibility index (Phi) is 6.89. The van der Waals surface area contributed by atoms with Crippen LogP contribution in [0, 0.1) is 0 Å². The number of esters is 1. The van der Waals surface area contributed by atoms with E-state index in [0.717, 1.165) is 4.47 Å². The Morgan fingerprint density at radius 1 is 0.939 bits per heavy atom. The van der Waals surface area contributed by atoms with Gasteiger partial charge in [-0.3, -0.25) is 4.79 Å². The highest BCUT2D eigenvalue weighted by Gasteiger charge is 2.15. The normalized spacial score (nSPS) is 12.3. The van der Waals surface area contributed by atoms with Crippen LogP contribution in [0.15, 0.2) is 70.2 Å². The summed E-state index contributed by atoms with van der Waals surface area (Å²) in [5, 5.41) is 3.99. The number of hydrogen-bond acceptors (Lipinski definition) is 7. The Morgan fingerprint density at radius 3 is 2.42 bits per heavy atom. The van der Waals surface area contributed by atoms with Crippen molar-refractivity contribution in [3.63, 3.8) is 0 Å². The molecule has 1 amide bonds. The molecule has 0 atom stereocenters. The first kappa shape index (κ1) is 22.3. The summed E-state index contributed by atoms with van der Waals surface area (Å²) in [5.41, 5.74) is 3.91. The molecular weight excluding hydrogens is 492 g/mol. The van der Waals surface area contributed by atoms with Gasteiger partial charge in [0.05, 0.1) is 18.9 Å². The van der Waals surface area contributed by atoms with Crippen LogP contribution in [0.4, 0.5) is 0 Å². The summed E-state index contributed by atoms with van der Waals surface area (Å²) in [4.78, 5) is 24.7. The lowest BCUT2D eigenvalue weighted by Gasteiger charge is -2.18. The molecule has 0 spiro atoms.